The fourth-order valence-corrected chi connectivity index (χ4v) is 3.88. The molecule has 22 heavy (non-hydrogen) atoms. The first-order valence-electron chi connectivity index (χ1n) is 8.30. The SMILES string of the molecule is Cc1c(Cl)c(C(=O)N2CCCN(C3CCCC3)CC2)nn1C. The van der Waals surface area contributed by atoms with Crippen LogP contribution in [-0.4, -0.2) is 57.7 Å². The summed E-state index contributed by atoms with van der Waals surface area (Å²) in [5.74, 6) is -0.0260. The predicted molar refractivity (Wildman–Crippen MR) is 87.3 cm³/mol. The van der Waals surface area contributed by atoms with E-state index in [0.717, 1.165) is 44.3 Å². The van der Waals surface area contributed by atoms with Crippen LogP contribution in [0.25, 0.3) is 0 Å². The Morgan fingerprint density at radius 1 is 1.14 bits per heavy atom. The van der Waals surface area contributed by atoms with Crippen molar-refractivity contribution >= 4 is 17.5 Å². The normalized spacial score (nSPS) is 21.3. The number of aryl methyl sites for hydroxylation is 1. The number of aromatic nitrogens is 2. The molecular formula is C16H25ClN4O. The lowest BCUT2D eigenvalue weighted by Crippen LogP contribution is -2.38. The molecule has 1 aromatic rings. The molecule has 1 aliphatic heterocycles. The maximum absolute atomic E-state index is 12.7. The fraction of sp³-hybridized carbons (Fsp3) is 0.750. The third-order valence-electron chi connectivity index (χ3n) is 5.12. The van der Waals surface area contributed by atoms with Crippen LogP contribution in [0.4, 0.5) is 0 Å². The Labute approximate surface area is 137 Å². The van der Waals surface area contributed by atoms with E-state index in [2.05, 4.69) is 10.00 Å². The summed E-state index contributed by atoms with van der Waals surface area (Å²) in [6.07, 6.45) is 6.38. The van der Waals surface area contributed by atoms with Crippen LogP contribution in [-0.2, 0) is 7.05 Å². The van der Waals surface area contributed by atoms with Gasteiger partial charge in [0.15, 0.2) is 5.69 Å². The summed E-state index contributed by atoms with van der Waals surface area (Å²) in [7, 11) is 1.82. The summed E-state index contributed by atoms with van der Waals surface area (Å²) in [6, 6.07) is 0.732. The minimum absolute atomic E-state index is 0.0260. The molecular weight excluding hydrogens is 300 g/mol. The molecule has 1 aliphatic carbocycles. The molecule has 5 nitrogen and oxygen atoms in total. The predicted octanol–water partition coefficient (Wildman–Crippen LogP) is 2.47. The van der Waals surface area contributed by atoms with E-state index >= 15 is 0 Å². The Balaban J connectivity index is 1.67. The Morgan fingerprint density at radius 3 is 2.50 bits per heavy atom. The van der Waals surface area contributed by atoms with Crippen molar-refractivity contribution in [2.24, 2.45) is 7.05 Å². The minimum Gasteiger partial charge on any atom is -0.336 e. The Morgan fingerprint density at radius 2 is 1.86 bits per heavy atom. The van der Waals surface area contributed by atoms with E-state index in [1.54, 1.807) is 4.68 Å². The third kappa shape index (κ3) is 3.01. The van der Waals surface area contributed by atoms with Crippen molar-refractivity contribution < 1.29 is 4.79 Å². The van der Waals surface area contributed by atoms with E-state index in [1.807, 2.05) is 18.9 Å². The van der Waals surface area contributed by atoms with Crippen molar-refractivity contribution in [2.45, 2.75) is 45.1 Å². The van der Waals surface area contributed by atoms with Crippen LogP contribution < -0.4 is 0 Å². The molecule has 0 aromatic carbocycles. The van der Waals surface area contributed by atoms with Crippen molar-refractivity contribution in [1.29, 1.82) is 0 Å². The van der Waals surface area contributed by atoms with Gasteiger partial charge in [0.2, 0.25) is 0 Å². The third-order valence-corrected chi connectivity index (χ3v) is 5.57. The monoisotopic (exact) mass is 324 g/mol. The number of carbonyl (C=O) groups is 1. The van der Waals surface area contributed by atoms with Gasteiger partial charge in [0.1, 0.15) is 0 Å². The highest BCUT2D eigenvalue weighted by Crippen LogP contribution is 2.25. The standard InChI is InChI=1S/C16H25ClN4O/c1-12-14(17)15(18-19(12)2)16(22)21-9-5-8-20(10-11-21)13-6-3-4-7-13/h13H,3-11H2,1-2H3. The van der Waals surface area contributed by atoms with Gasteiger partial charge in [-0.05, 0) is 26.2 Å². The van der Waals surface area contributed by atoms with Gasteiger partial charge in [0.05, 0.1) is 10.7 Å². The zero-order valence-electron chi connectivity index (χ0n) is 13.5. The van der Waals surface area contributed by atoms with Crippen LogP contribution in [0.3, 0.4) is 0 Å². The van der Waals surface area contributed by atoms with Crippen LogP contribution in [0.5, 0.6) is 0 Å². The van der Waals surface area contributed by atoms with E-state index < -0.39 is 0 Å². The molecule has 0 N–H and O–H groups in total. The molecule has 1 saturated heterocycles. The van der Waals surface area contributed by atoms with Gasteiger partial charge in [-0.2, -0.15) is 5.10 Å². The van der Waals surface area contributed by atoms with Gasteiger partial charge < -0.3 is 4.90 Å². The van der Waals surface area contributed by atoms with Gasteiger partial charge in [-0.25, -0.2) is 0 Å². The van der Waals surface area contributed by atoms with Crippen LogP contribution >= 0.6 is 11.6 Å². The molecule has 2 heterocycles. The topological polar surface area (TPSA) is 41.4 Å². The number of nitrogens with zero attached hydrogens (tertiary/aromatic N) is 4. The maximum Gasteiger partial charge on any atom is 0.275 e. The second-order valence-corrected chi connectivity index (χ2v) is 6.87. The largest absolute Gasteiger partial charge is 0.336 e. The Bertz CT molecular complexity index is 551. The van der Waals surface area contributed by atoms with Crippen LogP contribution in [0.2, 0.25) is 5.02 Å². The molecule has 0 atom stereocenters. The lowest BCUT2D eigenvalue weighted by molar-refractivity contribution is 0.0751. The molecule has 1 amide bonds. The second kappa shape index (κ2) is 6.59. The lowest BCUT2D eigenvalue weighted by Gasteiger charge is -2.27. The van der Waals surface area contributed by atoms with Crippen LogP contribution in [0.1, 0.15) is 48.3 Å². The molecule has 3 rings (SSSR count). The summed E-state index contributed by atoms with van der Waals surface area (Å²) in [6.45, 7) is 5.54. The molecule has 2 aliphatic rings. The molecule has 122 valence electrons. The molecule has 6 heteroatoms. The van der Waals surface area contributed by atoms with E-state index in [9.17, 15) is 4.79 Å². The van der Waals surface area contributed by atoms with Crippen molar-refractivity contribution in [3.63, 3.8) is 0 Å². The molecule has 1 saturated carbocycles. The van der Waals surface area contributed by atoms with E-state index in [-0.39, 0.29) is 5.91 Å². The molecule has 0 unspecified atom stereocenters. The van der Waals surface area contributed by atoms with E-state index in [4.69, 9.17) is 11.6 Å². The number of amides is 1. The molecule has 0 radical (unpaired) electrons. The van der Waals surface area contributed by atoms with Crippen molar-refractivity contribution in [1.82, 2.24) is 19.6 Å². The number of rotatable bonds is 2. The molecule has 0 bridgehead atoms. The number of carbonyl (C=O) groups excluding carboxylic acids is 1. The number of hydrogen-bond acceptors (Lipinski definition) is 3. The van der Waals surface area contributed by atoms with Crippen LogP contribution in [0, 0.1) is 6.92 Å². The van der Waals surface area contributed by atoms with E-state index in [0.29, 0.717) is 10.7 Å². The highest BCUT2D eigenvalue weighted by Gasteiger charge is 2.28. The maximum atomic E-state index is 12.7. The summed E-state index contributed by atoms with van der Waals surface area (Å²) in [5, 5.41) is 4.78. The highest BCUT2D eigenvalue weighted by atomic mass is 35.5. The van der Waals surface area contributed by atoms with Gasteiger partial charge in [-0.15, -0.1) is 0 Å². The summed E-state index contributed by atoms with van der Waals surface area (Å²) >= 11 is 6.26. The summed E-state index contributed by atoms with van der Waals surface area (Å²) in [5.41, 5.74) is 1.24. The molecule has 0 spiro atoms. The van der Waals surface area contributed by atoms with Crippen molar-refractivity contribution in [2.75, 3.05) is 26.2 Å². The van der Waals surface area contributed by atoms with Gasteiger partial charge in [0.25, 0.3) is 5.91 Å². The molecule has 2 fully saturated rings. The first kappa shape index (κ1) is 15.8. The average molecular weight is 325 g/mol. The van der Waals surface area contributed by atoms with Crippen LogP contribution in [0.15, 0.2) is 0 Å². The first-order chi connectivity index (χ1) is 10.6. The van der Waals surface area contributed by atoms with Crippen molar-refractivity contribution in [3.8, 4) is 0 Å². The zero-order chi connectivity index (χ0) is 15.7. The van der Waals surface area contributed by atoms with Gasteiger partial charge >= 0.3 is 0 Å². The molecule has 1 aromatic heterocycles. The Kier molecular flexibility index (Phi) is 4.73. The number of hydrogen-bond donors (Lipinski definition) is 0. The zero-order valence-corrected chi connectivity index (χ0v) is 14.3. The van der Waals surface area contributed by atoms with E-state index in [1.165, 1.54) is 25.7 Å². The smallest absolute Gasteiger partial charge is 0.275 e. The lowest BCUT2D eigenvalue weighted by atomic mass is 10.2. The second-order valence-electron chi connectivity index (χ2n) is 6.49. The van der Waals surface area contributed by atoms with Crippen molar-refractivity contribution in [3.05, 3.63) is 16.4 Å². The quantitative estimate of drug-likeness (QED) is 0.839. The number of halogens is 1. The summed E-state index contributed by atoms with van der Waals surface area (Å²) in [4.78, 5) is 17.2. The van der Waals surface area contributed by atoms with Gasteiger partial charge in [-0.3, -0.25) is 14.4 Å². The van der Waals surface area contributed by atoms with Gasteiger partial charge in [-0.1, -0.05) is 24.4 Å². The average Bonchev–Trinajstić information content (AvgIpc) is 3.04. The minimum atomic E-state index is -0.0260. The highest BCUT2D eigenvalue weighted by molar-refractivity contribution is 6.34. The van der Waals surface area contributed by atoms with Gasteiger partial charge in [0, 0.05) is 39.3 Å². The summed E-state index contributed by atoms with van der Waals surface area (Å²) < 4.78 is 1.68. The Hall–Kier alpha value is -1.07. The fourth-order valence-electron chi connectivity index (χ4n) is 3.64. The first-order valence-corrected chi connectivity index (χ1v) is 8.68.